The zero-order valence-corrected chi connectivity index (χ0v) is 18.3. The number of amides is 2. The SMILES string of the molecule is Cc1cc(C)c2c(OCC(=O)Nc3cc(C(=O)NC(C)C)ccc3Cl)nn(C)c2n1. The first kappa shape index (κ1) is 21.6. The predicted octanol–water partition coefficient (Wildman–Crippen LogP) is 3.39. The number of ether oxygens (including phenoxy) is 1. The highest BCUT2D eigenvalue weighted by Crippen LogP contribution is 2.27. The van der Waals surface area contributed by atoms with E-state index in [-0.39, 0.29) is 18.6 Å². The summed E-state index contributed by atoms with van der Waals surface area (Å²) in [4.78, 5) is 29.1. The highest BCUT2D eigenvalue weighted by Gasteiger charge is 2.17. The molecule has 158 valence electrons. The van der Waals surface area contributed by atoms with Crippen LogP contribution in [0.25, 0.3) is 11.0 Å². The van der Waals surface area contributed by atoms with E-state index >= 15 is 0 Å². The van der Waals surface area contributed by atoms with Crippen molar-refractivity contribution in [3.63, 3.8) is 0 Å². The van der Waals surface area contributed by atoms with Crippen LogP contribution in [0.2, 0.25) is 5.02 Å². The third-order valence-corrected chi connectivity index (χ3v) is 4.68. The molecule has 2 aromatic heterocycles. The van der Waals surface area contributed by atoms with Crippen molar-refractivity contribution in [1.82, 2.24) is 20.1 Å². The number of carbonyl (C=O) groups is 2. The zero-order chi connectivity index (χ0) is 22.0. The molecule has 0 bridgehead atoms. The molecule has 2 heterocycles. The van der Waals surface area contributed by atoms with Gasteiger partial charge in [0, 0.05) is 24.3 Å². The lowest BCUT2D eigenvalue weighted by molar-refractivity contribution is -0.118. The van der Waals surface area contributed by atoms with Gasteiger partial charge in [-0.1, -0.05) is 11.6 Å². The Balaban J connectivity index is 1.73. The maximum atomic E-state index is 12.4. The van der Waals surface area contributed by atoms with Gasteiger partial charge in [0.1, 0.15) is 0 Å². The fraction of sp³-hybridized carbons (Fsp3) is 0.333. The van der Waals surface area contributed by atoms with Crippen molar-refractivity contribution in [2.24, 2.45) is 7.05 Å². The van der Waals surface area contributed by atoms with Crippen LogP contribution in [0.4, 0.5) is 5.69 Å². The minimum absolute atomic E-state index is 0.00505. The summed E-state index contributed by atoms with van der Waals surface area (Å²) in [6.45, 7) is 7.32. The summed E-state index contributed by atoms with van der Waals surface area (Å²) in [5.74, 6) is -0.328. The zero-order valence-electron chi connectivity index (χ0n) is 17.5. The number of aromatic nitrogens is 3. The van der Waals surface area contributed by atoms with E-state index in [0.29, 0.717) is 27.8 Å². The summed E-state index contributed by atoms with van der Waals surface area (Å²) in [5, 5.41) is 10.9. The molecule has 0 unspecified atom stereocenters. The quantitative estimate of drug-likeness (QED) is 0.625. The van der Waals surface area contributed by atoms with Gasteiger partial charge < -0.3 is 15.4 Å². The lowest BCUT2D eigenvalue weighted by atomic mass is 10.1. The number of hydrogen-bond acceptors (Lipinski definition) is 5. The molecule has 0 spiro atoms. The number of benzene rings is 1. The van der Waals surface area contributed by atoms with Gasteiger partial charge in [-0.05, 0) is 57.5 Å². The second-order valence-electron chi connectivity index (χ2n) is 7.37. The summed E-state index contributed by atoms with van der Waals surface area (Å²) < 4.78 is 7.28. The normalized spacial score (nSPS) is 11.0. The van der Waals surface area contributed by atoms with Crippen molar-refractivity contribution in [2.75, 3.05) is 11.9 Å². The molecule has 1 aromatic carbocycles. The third-order valence-electron chi connectivity index (χ3n) is 4.35. The van der Waals surface area contributed by atoms with Crippen LogP contribution in [-0.2, 0) is 11.8 Å². The van der Waals surface area contributed by atoms with E-state index in [1.807, 2.05) is 33.8 Å². The molecule has 3 rings (SSSR count). The first-order valence-electron chi connectivity index (χ1n) is 9.49. The van der Waals surface area contributed by atoms with Gasteiger partial charge in [0.2, 0.25) is 5.88 Å². The standard InChI is InChI=1S/C21H24ClN5O3/c1-11(2)23-20(29)14-6-7-15(22)16(9-14)25-17(28)10-30-21-18-12(3)8-13(4)24-19(18)27(5)26-21/h6-9,11H,10H2,1-5H3,(H,23,29)(H,25,28). The Bertz CT molecular complexity index is 1120. The molecule has 0 saturated heterocycles. The van der Waals surface area contributed by atoms with E-state index in [4.69, 9.17) is 16.3 Å². The molecular weight excluding hydrogens is 406 g/mol. The number of carbonyl (C=O) groups excluding carboxylic acids is 2. The number of nitrogens with zero attached hydrogens (tertiary/aromatic N) is 3. The Morgan fingerprint density at radius 3 is 2.67 bits per heavy atom. The van der Waals surface area contributed by atoms with Crippen LogP contribution in [0, 0.1) is 13.8 Å². The average Bonchev–Trinajstić information content (AvgIpc) is 2.97. The maximum Gasteiger partial charge on any atom is 0.262 e. The smallest absolute Gasteiger partial charge is 0.262 e. The highest BCUT2D eigenvalue weighted by molar-refractivity contribution is 6.33. The number of fused-ring (bicyclic) bond motifs is 1. The third kappa shape index (κ3) is 4.71. The Morgan fingerprint density at radius 1 is 1.23 bits per heavy atom. The molecule has 3 aromatic rings. The van der Waals surface area contributed by atoms with Gasteiger partial charge in [0.15, 0.2) is 12.3 Å². The van der Waals surface area contributed by atoms with Crippen LogP contribution in [-0.4, -0.2) is 39.2 Å². The fourth-order valence-corrected chi connectivity index (χ4v) is 3.24. The highest BCUT2D eigenvalue weighted by atomic mass is 35.5. The molecule has 0 radical (unpaired) electrons. The van der Waals surface area contributed by atoms with Crippen LogP contribution in [0.15, 0.2) is 24.3 Å². The van der Waals surface area contributed by atoms with E-state index in [2.05, 4.69) is 20.7 Å². The van der Waals surface area contributed by atoms with Crippen molar-refractivity contribution in [3.05, 3.63) is 46.1 Å². The monoisotopic (exact) mass is 429 g/mol. The van der Waals surface area contributed by atoms with Gasteiger partial charge in [0.05, 0.1) is 16.1 Å². The molecular formula is C21H24ClN5O3. The Morgan fingerprint density at radius 2 is 1.97 bits per heavy atom. The lowest BCUT2D eigenvalue weighted by Crippen LogP contribution is -2.30. The number of nitrogens with one attached hydrogen (secondary N) is 2. The summed E-state index contributed by atoms with van der Waals surface area (Å²) >= 11 is 6.17. The van der Waals surface area contributed by atoms with E-state index in [1.54, 1.807) is 23.9 Å². The lowest BCUT2D eigenvalue weighted by Gasteiger charge is -2.12. The molecule has 2 N–H and O–H groups in total. The van der Waals surface area contributed by atoms with Gasteiger partial charge >= 0.3 is 0 Å². The van der Waals surface area contributed by atoms with Crippen LogP contribution in [0.3, 0.4) is 0 Å². The Kier molecular flexibility index (Phi) is 6.26. The van der Waals surface area contributed by atoms with Crippen molar-refractivity contribution < 1.29 is 14.3 Å². The largest absolute Gasteiger partial charge is 0.466 e. The molecule has 0 saturated carbocycles. The minimum atomic E-state index is -0.421. The number of rotatable bonds is 6. The number of hydrogen-bond donors (Lipinski definition) is 2. The molecule has 8 nitrogen and oxygen atoms in total. The molecule has 0 aliphatic heterocycles. The van der Waals surface area contributed by atoms with Gasteiger partial charge in [-0.3, -0.25) is 9.59 Å². The second kappa shape index (κ2) is 8.71. The van der Waals surface area contributed by atoms with E-state index < -0.39 is 5.91 Å². The van der Waals surface area contributed by atoms with E-state index in [0.717, 1.165) is 16.6 Å². The maximum absolute atomic E-state index is 12.4. The van der Waals surface area contributed by atoms with Crippen LogP contribution >= 0.6 is 11.6 Å². The first-order chi connectivity index (χ1) is 14.2. The molecule has 9 heteroatoms. The summed E-state index contributed by atoms with van der Waals surface area (Å²) in [5.41, 5.74) is 3.27. The molecule has 0 fully saturated rings. The number of aryl methyl sites for hydroxylation is 3. The van der Waals surface area contributed by atoms with Gasteiger partial charge in [-0.25, -0.2) is 9.67 Å². The fourth-order valence-electron chi connectivity index (χ4n) is 3.08. The summed E-state index contributed by atoms with van der Waals surface area (Å²) in [6, 6.07) is 6.63. The van der Waals surface area contributed by atoms with Crippen molar-refractivity contribution in [2.45, 2.75) is 33.7 Å². The van der Waals surface area contributed by atoms with Crippen molar-refractivity contribution in [3.8, 4) is 5.88 Å². The van der Waals surface area contributed by atoms with Crippen LogP contribution < -0.4 is 15.4 Å². The second-order valence-corrected chi connectivity index (χ2v) is 7.77. The first-order valence-corrected chi connectivity index (χ1v) is 9.87. The summed E-state index contributed by atoms with van der Waals surface area (Å²) in [7, 11) is 1.77. The van der Waals surface area contributed by atoms with Crippen molar-refractivity contribution >= 4 is 40.1 Å². The molecule has 30 heavy (non-hydrogen) atoms. The Hall–Kier alpha value is -3.13. The molecule has 0 aliphatic rings. The number of halogens is 1. The average molecular weight is 430 g/mol. The molecule has 2 amide bonds. The van der Waals surface area contributed by atoms with Gasteiger partial charge in [0.25, 0.3) is 11.8 Å². The van der Waals surface area contributed by atoms with Crippen LogP contribution in [0.1, 0.15) is 35.5 Å². The number of anilines is 1. The minimum Gasteiger partial charge on any atom is -0.466 e. The van der Waals surface area contributed by atoms with Crippen LogP contribution in [0.5, 0.6) is 5.88 Å². The molecule has 0 atom stereocenters. The predicted molar refractivity (Wildman–Crippen MR) is 116 cm³/mol. The molecule has 0 aliphatic carbocycles. The topological polar surface area (TPSA) is 98.1 Å². The van der Waals surface area contributed by atoms with E-state index in [1.165, 1.54) is 6.07 Å². The number of pyridine rings is 1. The van der Waals surface area contributed by atoms with Gasteiger partial charge in [-0.15, -0.1) is 5.10 Å². The van der Waals surface area contributed by atoms with E-state index in [9.17, 15) is 9.59 Å². The van der Waals surface area contributed by atoms with Gasteiger partial charge in [-0.2, -0.15) is 0 Å². The van der Waals surface area contributed by atoms with Crippen molar-refractivity contribution in [1.29, 1.82) is 0 Å². The summed E-state index contributed by atoms with van der Waals surface area (Å²) in [6.07, 6.45) is 0. The Labute approximate surface area is 179 Å².